The van der Waals surface area contributed by atoms with E-state index in [1.165, 1.54) is 0 Å². The Morgan fingerprint density at radius 1 is 1.35 bits per heavy atom. The molecule has 0 atom stereocenters. The quantitative estimate of drug-likeness (QED) is 0.634. The summed E-state index contributed by atoms with van der Waals surface area (Å²) < 4.78 is 0.764. The van der Waals surface area contributed by atoms with Gasteiger partial charge in [-0.15, -0.1) is 0 Å². The zero-order chi connectivity index (χ0) is 12.8. The van der Waals surface area contributed by atoms with Gasteiger partial charge >= 0.3 is 0 Å². The van der Waals surface area contributed by atoms with Crippen molar-refractivity contribution < 1.29 is 4.79 Å². The van der Waals surface area contributed by atoms with Crippen molar-refractivity contribution in [2.75, 3.05) is 18.9 Å². The van der Waals surface area contributed by atoms with Crippen molar-refractivity contribution in [1.29, 1.82) is 0 Å². The minimum atomic E-state index is 0.0340. The van der Waals surface area contributed by atoms with Gasteiger partial charge in [-0.2, -0.15) is 0 Å². The van der Waals surface area contributed by atoms with Crippen LogP contribution < -0.4 is 10.6 Å². The molecule has 3 nitrogen and oxygen atoms in total. The zero-order valence-corrected chi connectivity index (χ0v) is 12.4. The van der Waals surface area contributed by atoms with Gasteiger partial charge in [0.05, 0.1) is 15.7 Å². The number of hydrogen-bond donors (Lipinski definition) is 2. The van der Waals surface area contributed by atoms with E-state index >= 15 is 0 Å². The molecule has 1 aromatic rings. The van der Waals surface area contributed by atoms with Gasteiger partial charge in [0, 0.05) is 24.5 Å². The van der Waals surface area contributed by atoms with Crippen LogP contribution in [0, 0.1) is 0 Å². The molecule has 6 heteroatoms. The maximum Gasteiger partial charge on any atom is 0.219 e. The maximum atomic E-state index is 11.0. The SMILES string of the molecule is CNC(=O)CCCNc1ccc(Br)c(Cl)c1Cl. The van der Waals surface area contributed by atoms with E-state index in [0.29, 0.717) is 23.0 Å². The van der Waals surface area contributed by atoms with E-state index in [0.717, 1.165) is 16.6 Å². The van der Waals surface area contributed by atoms with E-state index in [-0.39, 0.29) is 5.91 Å². The first-order valence-electron chi connectivity index (χ1n) is 5.14. The Labute approximate surface area is 119 Å². The fraction of sp³-hybridized carbons (Fsp3) is 0.364. The van der Waals surface area contributed by atoms with Crippen molar-refractivity contribution in [1.82, 2.24) is 5.32 Å². The molecule has 1 aromatic carbocycles. The molecular weight excluding hydrogens is 327 g/mol. The number of carbonyl (C=O) groups is 1. The van der Waals surface area contributed by atoms with Gasteiger partial charge in [0.15, 0.2) is 0 Å². The van der Waals surface area contributed by atoms with Gasteiger partial charge in [0.2, 0.25) is 5.91 Å². The second-order valence-electron chi connectivity index (χ2n) is 3.43. The number of carbonyl (C=O) groups excluding carboxylic acids is 1. The summed E-state index contributed by atoms with van der Waals surface area (Å²) in [6.45, 7) is 0.672. The molecule has 94 valence electrons. The van der Waals surface area contributed by atoms with Crippen LogP contribution in [0.3, 0.4) is 0 Å². The predicted octanol–water partition coefficient (Wildman–Crippen LogP) is 3.69. The topological polar surface area (TPSA) is 41.1 Å². The number of benzene rings is 1. The average molecular weight is 340 g/mol. The molecule has 0 saturated carbocycles. The summed E-state index contributed by atoms with van der Waals surface area (Å²) in [4.78, 5) is 11.0. The van der Waals surface area contributed by atoms with Crippen molar-refractivity contribution in [2.24, 2.45) is 0 Å². The van der Waals surface area contributed by atoms with Gasteiger partial charge in [-0.1, -0.05) is 23.2 Å². The van der Waals surface area contributed by atoms with E-state index < -0.39 is 0 Å². The third-order valence-corrected chi connectivity index (χ3v) is 3.98. The summed E-state index contributed by atoms with van der Waals surface area (Å²) in [6.07, 6.45) is 1.23. The van der Waals surface area contributed by atoms with Crippen LogP contribution in [-0.4, -0.2) is 19.5 Å². The summed E-state index contributed by atoms with van der Waals surface area (Å²) in [5.74, 6) is 0.0340. The average Bonchev–Trinajstić information content (AvgIpc) is 2.33. The van der Waals surface area contributed by atoms with Crippen LogP contribution in [0.15, 0.2) is 16.6 Å². The van der Waals surface area contributed by atoms with Gasteiger partial charge in [-0.3, -0.25) is 4.79 Å². The molecule has 0 saturated heterocycles. The molecule has 0 bridgehead atoms. The zero-order valence-electron chi connectivity index (χ0n) is 9.32. The van der Waals surface area contributed by atoms with Crippen LogP contribution in [0.4, 0.5) is 5.69 Å². The number of nitrogens with one attached hydrogen (secondary N) is 2. The van der Waals surface area contributed by atoms with Crippen LogP contribution in [-0.2, 0) is 4.79 Å². The lowest BCUT2D eigenvalue weighted by Crippen LogP contribution is -2.18. The van der Waals surface area contributed by atoms with E-state index in [4.69, 9.17) is 23.2 Å². The highest BCUT2D eigenvalue weighted by Crippen LogP contribution is 2.35. The van der Waals surface area contributed by atoms with Crippen molar-refractivity contribution in [3.05, 3.63) is 26.7 Å². The van der Waals surface area contributed by atoms with Crippen LogP contribution >= 0.6 is 39.1 Å². The maximum absolute atomic E-state index is 11.0. The van der Waals surface area contributed by atoms with E-state index in [2.05, 4.69) is 26.6 Å². The number of amides is 1. The lowest BCUT2D eigenvalue weighted by molar-refractivity contribution is -0.120. The molecule has 17 heavy (non-hydrogen) atoms. The van der Waals surface area contributed by atoms with E-state index in [9.17, 15) is 4.79 Å². The lowest BCUT2D eigenvalue weighted by Gasteiger charge is -2.10. The van der Waals surface area contributed by atoms with Crippen molar-refractivity contribution >= 4 is 50.7 Å². The fourth-order valence-electron chi connectivity index (χ4n) is 1.26. The standard InChI is InChI=1S/C11H13BrCl2N2O/c1-15-9(17)3-2-6-16-8-5-4-7(12)10(13)11(8)14/h4-5,16H,2-3,6H2,1H3,(H,15,17). The molecule has 0 radical (unpaired) electrons. The fourth-order valence-corrected chi connectivity index (χ4v) is 2.10. The number of hydrogen-bond acceptors (Lipinski definition) is 2. The van der Waals surface area contributed by atoms with Gasteiger partial charge in [0.25, 0.3) is 0 Å². The molecule has 0 aliphatic rings. The summed E-state index contributed by atoms with van der Waals surface area (Å²) in [5, 5.41) is 6.69. The van der Waals surface area contributed by atoms with Crippen molar-refractivity contribution in [3.8, 4) is 0 Å². The molecule has 0 aliphatic carbocycles. The number of anilines is 1. The summed E-state index contributed by atoms with van der Waals surface area (Å²) >= 11 is 15.3. The van der Waals surface area contributed by atoms with Crippen molar-refractivity contribution in [3.63, 3.8) is 0 Å². The molecule has 0 fully saturated rings. The summed E-state index contributed by atoms with van der Waals surface area (Å²) in [5.41, 5.74) is 0.775. The first-order valence-corrected chi connectivity index (χ1v) is 6.69. The van der Waals surface area contributed by atoms with Crippen LogP contribution in [0.25, 0.3) is 0 Å². The first kappa shape index (κ1) is 14.6. The third-order valence-electron chi connectivity index (χ3n) is 2.21. The smallest absolute Gasteiger partial charge is 0.219 e. The Morgan fingerprint density at radius 3 is 2.71 bits per heavy atom. The second-order valence-corrected chi connectivity index (χ2v) is 5.04. The van der Waals surface area contributed by atoms with Gasteiger partial charge in [-0.25, -0.2) is 0 Å². The summed E-state index contributed by atoms with van der Waals surface area (Å²) in [6, 6.07) is 3.67. The third kappa shape index (κ3) is 4.37. The molecule has 1 amide bonds. The molecule has 1 rings (SSSR count). The van der Waals surface area contributed by atoms with E-state index in [1.807, 2.05) is 12.1 Å². The highest BCUT2D eigenvalue weighted by Gasteiger charge is 2.07. The molecule has 2 N–H and O–H groups in total. The van der Waals surface area contributed by atoms with Crippen LogP contribution in [0.2, 0.25) is 10.0 Å². The van der Waals surface area contributed by atoms with Gasteiger partial charge in [0.1, 0.15) is 0 Å². The lowest BCUT2D eigenvalue weighted by atomic mass is 10.2. The Kier molecular flexibility index (Phi) is 6.09. The molecular formula is C11H13BrCl2N2O. The predicted molar refractivity (Wildman–Crippen MR) is 76.0 cm³/mol. The Hall–Kier alpha value is -0.450. The monoisotopic (exact) mass is 338 g/mol. The highest BCUT2D eigenvalue weighted by molar-refractivity contribution is 9.10. The Balaban J connectivity index is 2.47. The Bertz CT molecular complexity index is 413. The first-order chi connectivity index (χ1) is 8.06. The number of rotatable bonds is 5. The molecule has 0 aromatic heterocycles. The second kappa shape index (κ2) is 7.09. The minimum absolute atomic E-state index is 0.0340. The summed E-state index contributed by atoms with van der Waals surface area (Å²) in [7, 11) is 1.63. The highest BCUT2D eigenvalue weighted by atomic mass is 79.9. The number of halogens is 3. The molecule has 0 heterocycles. The normalized spacial score (nSPS) is 10.1. The minimum Gasteiger partial charge on any atom is -0.384 e. The largest absolute Gasteiger partial charge is 0.384 e. The van der Waals surface area contributed by atoms with Crippen molar-refractivity contribution in [2.45, 2.75) is 12.8 Å². The van der Waals surface area contributed by atoms with Crippen LogP contribution in [0.1, 0.15) is 12.8 Å². The molecule has 0 spiro atoms. The van der Waals surface area contributed by atoms with E-state index in [1.54, 1.807) is 7.05 Å². The molecule has 0 aliphatic heterocycles. The molecule has 0 unspecified atom stereocenters. The van der Waals surface area contributed by atoms with Crippen LogP contribution in [0.5, 0.6) is 0 Å². The van der Waals surface area contributed by atoms with Gasteiger partial charge < -0.3 is 10.6 Å². The van der Waals surface area contributed by atoms with Gasteiger partial charge in [-0.05, 0) is 34.5 Å². The Morgan fingerprint density at radius 2 is 2.06 bits per heavy atom.